The third-order valence-corrected chi connectivity index (χ3v) is 14.1. The number of aryl methyl sites for hydroxylation is 2. The molecule has 10 rings (SSSR count). The summed E-state index contributed by atoms with van der Waals surface area (Å²) in [5.41, 5.74) is 16.9. The van der Waals surface area contributed by atoms with Gasteiger partial charge in [-0.25, -0.2) is 0 Å². The van der Waals surface area contributed by atoms with Crippen LogP contribution in [0.1, 0.15) is 102 Å². The third-order valence-electron chi connectivity index (χ3n) is 14.1. The molecule has 0 bridgehead atoms. The summed E-state index contributed by atoms with van der Waals surface area (Å²) in [7, 11) is 0. The van der Waals surface area contributed by atoms with Crippen LogP contribution in [0.2, 0.25) is 0 Å². The van der Waals surface area contributed by atoms with Crippen molar-refractivity contribution in [2.45, 2.75) is 104 Å². The molecule has 4 heterocycles. The van der Waals surface area contributed by atoms with Crippen LogP contribution in [0.4, 0.5) is 34.1 Å². The fourth-order valence-electron chi connectivity index (χ4n) is 9.89. The topological polar surface area (TPSA) is 58.0 Å². The zero-order valence-corrected chi connectivity index (χ0v) is 48.1. The SMILES string of the molecule is CCCCCCCCc1ccc(N(c2[c-]c(-c3ccccn3)ccc2)c2[c-]c(-c3ccccn3)ccc2)cc1.CCCCCCCCc1ccc(N(c2cccc(-c3ccccn3)c2)c2cccc(-c3ccccn3)c2)cc1.[Pt+2]. The van der Waals surface area contributed by atoms with Gasteiger partial charge >= 0.3 is 21.1 Å². The van der Waals surface area contributed by atoms with Crippen LogP contribution < -0.4 is 9.80 Å². The molecule has 0 atom stereocenters. The van der Waals surface area contributed by atoms with Crippen molar-refractivity contribution in [2.24, 2.45) is 0 Å². The Balaban J connectivity index is 0.000000205. The maximum atomic E-state index is 4.59. The summed E-state index contributed by atoms with van der Waals surface area (Å²) < 4.78 is 0. The maximum Gasteiger partial charge on any atom is 2.00 e. The van der Waals surface area contributed by atoms with Crippen molar-refractivity contribution in [2.75, 3.05) is 9.80 Å². The van der Waals surface area contributed by atoms with Gasteiger partial charge < -0.3 is 19.8 Å². The molecular weight excluding hydrogens is 1140 g/mol. The number of benzene rings is 6. The number of nitrogens with zero attached hydrogens (tertiary/aromatic N) is 6. The number of rotatable bonds is 24. The Hall–Kier alpha value is -7.79. The minimum absolute atomic E-state index is 0. The summed E-state index contributed by atoms with van der Waals surface area (Å²) in [6.07, 6.45) is 25.4. The second-order valence-electron chi connectivity index (χ2n) is 19.9. The quantitative estimate of drug-likeness (QED) is 0.0444. The number of aromatic nitrogens is 4. The minimum atomic E-state index is 0. The van der Waals surface area contributed by atoms with Crippen molar-refractivity contribution < 1.29 is 21.1 Å². The molecule has 0 radical (unpaired) electrons. The fourth-order valence-corrected chi connectivity index (χ4v) is 9.89. The second kappa shape index (κ2) is 31.0. The Kier molecular flexibility index (Phi) is 22.5. The van der Waals surface area contributed by atoms with E-state index >= 15 is 0 Å². The maximum absolute atomic E-state index is 4.59. The molecule has 0 saturated carbocycles. The monoisotopic (exact) mass is 1220 g/mol. The standard InChI is InChI=1S/C36H37N3.C36H35N3.Pt/c2*1-2-3-4-5-6-7-14-29-21-23-32(24-22-29)39(33-17-12-15-30(27-33)35-19-8-10-25-37-35)34-18-13-16-31(28-34)36-20-9-11-26-38-36;/h8-13,15-28H,2-7,14H2,1H3;8-13,15-26H,2-7,14H2,1H3;/q;-2;+2. The number of hydrogen-bond acceptors (Lipinski definition) is 6. The van der Waals surface area contributed by atoms with Gasteiger partial charge in [-0.3, -0.25) is 9.97 Å². The van der Waals surface area contributed by atoms with E-state index in [4.69, 9.17) is 0 Å². The first-order chi connectivity index (χ1) is 38.6. The van der Waals surface area contributed by atoms with E-state index in [-0.39, 0.29) is 21.1 Å². The van der Waals surface area contributed by atoms with Crippen LogP contribution in [0, 0.1) is 12.1 Å². The van der Waals surface area contributed by atoms with Crippen molar-refractivity contribution in [1.29, 1.82) is 0 Å². The van der Waals surface area contributed by atoms with Gasteiger partial charge in [-0.05, 0) is 145 Å². The molecule has 400 valence electrons. The zero-order chi connectivity index (χ0) is 53.4. The van der Waals surface area contributed by atoms with E-state index in [1.165, 1.54) is 88.2 Å². The van der Waals surface area contributed by atoms with Gasteiger partial charge in [-0.15, -0.1) is 59.7 Å². The minimum Gasteiger partial charge on any atom is -0.346 e. The van der Waals surface area contributed by atoms with Crippen molar-refractivity contribution in [1.82, 2.24) is 19.9 Å². The molecule has 4 aromatic heterocycles. The molecule has 0 saturated heterocycles. The third kappa shape index (κ3) is 16.6. The predicted octanol–water partition coefficient (Wildman–Crippen LogP) is 20.0. The number of unbranched alkanes of at least 4 members (excludes halogenated alkanes) is 10. The summed E-state index contributed by atoms with van der Waals surface area (Å²) in [5, 5.41) is 0. The molecule has 10 aromatic rings. The summed E-state index contributed by atoms with van der Waals surface area (Å²) in [6, 6.07) is 79.0. The van der Waals surface area contributed by atoms with E-state index in [0.717, 1.165) is 92.0 Å². The summed E-state index contributed by atoms with van der Waals surface area (Å²) in [6.45, 7) is 4.54. The van der Waals surface area contributed by atoms with Crippen LogP contribution in [-0.2, 0) is 33.9 Å². The average molecular weight is 1220 g/mol. The molecule has 0 aliphatic rings. The molecule has 6 aromatic carbocycles. The van der Waals surface area contributed by atoms with Gasteiger partial charge in [0.1, 0.15) is 0 Å². The zero-order valence-electron chi connectivity index (χ0n) is 45.8. The van der Waals surface area contributed by atoms with Crippen LogP contribution in [-0.4, -0.2) is 19.9 Å². The summed E-state index contributed by atoms with van der Waals surface area (Å²) in [5.74, 6) is 0. The van der Waals surface area contributed by atoms with E-state index in [0.29, 0.717) is 0 Å². The first-order valence-electron chi connectivity index (χ1n) is 28.3. The van der Waals surface area contributed by atoms with Gasteiger partial charge in [0.15, 0.2) is 0 Å². The second-order valence-corrected chi connectivity index (χ2v) is 19.9. The van der Waals surface area contributed by atoms with Crippen LogP contribution in [0.25, 0.3) is 45.0 Å². The molecule has 0 spiro atoms. The Morgan fingerprint density at radius 2 is 0.684 bits per heavy atom. The molecular formula is C72H72N6Pt. The predicted molar refractivity (Wildman–Crippen MR) is 327 cm³/mol. The molecule has 0 aliphatic heterocycles. The van der Waals surface area contributed by atoms with Crippen LogP contribution in [0.5, 0.6) is 0 Å². The van der Waals surface area contributed by atoms with E-state index < -0.39 is 0 Å². The van der Waals surface area contributed by atoms with E-state index in [2.05, 4.69) is 201 Å². The Bertz CT molecular complexity index is 2930. The van der Waals surface area contributed by atoms with Gasteiger partial charge in [0.2, 0.25) is 0 Å². The Morgan fingerprint density at radius 1 is 0.316 bits per heavy atom. The van der Waals surface area contributed by atoms with Crippen molar-refractivity contribution in [3.05, 3.63) is 254 Å². The number of pyridine rings is 4. The van der Waals surface area contributed by atoms with Gasteiger partial charge in [0, 0.05) is 58.7 Å². The van der Waals surface area contributed by atoms with Crippen molar-refractivity contribution in [3.63, 3.8) is 0 Å². The molecule has 6 nitrogen and oxygen atoms in total. The molecule has 0 amide bonds. The van der Waals surface area contributed by atoms with Crippen molar-refractivity contribution in [3.8, 4) is 45.0 Å². The molecule has 0 N–H and O–H groups in total. The van der Waals surface area contributed by atoms with Crippen LogP contribution >= 0.6 is 0 Å². The molecule has 0 fully saturated rings. The van der Waals surface area contributed by atoms with Gasteiger partial charge in [-0.2, -0.15) is 0 Å². The number of anilines is 6. The normalized spacial score (nSPS) is 10.8. The molecule has 0 aliphatic carbocycles. The fraction of sp³-hybridized carbons (Fsp3) is 0.222. The van der Waals surface area contributed by atoms with Gasteiger partial charge in [0.25, 0.3) is 0 Å². The first kappa shape index (κ1) is 57.4. The number of hydrogen-bond donors (Lipinski definition) is 0. The van der Waals surface area contributed by atoms with E-state index in [9.17, 15) is 0 Å². The van der Waals surface area contributed by atoms with Gasteiger partial charge in [-0.1, -0.05) is 163 Å². The first-order valence-corrected chi connectivity index (χ1v) is 28.3. The van der Waals surface area contributed by atoms with Crippen LogP contribution in [0.3, 0.4) is 0 Å². The van der Waals surface area contributed by atoms with Crippen LogP contribution in [0.15, 0.2) is 231 Å². The van der Waals surface area contributed by atoms with E-state index in [1.54, 1.807) is 0 Å². The molecule has 79 heavy (non-hydrogen) atoms. The van der Waals surface area contributed by atoms with Gasteiger partial charge in [0.05, 0.1) is 11.4 Å². The largest absolute Gasteiger partial charge is 2.00 e. The Labute approximate surface area is 485 Å². The molecule has 7 heteroatoms. The summed E-state index contributed by atoms with van der Waals surface area (Å²) >= 11 is 0. The van der Waals surface area contributed by atoms with E-state index in [1.807, 2.05) is 85.5 Å². The molecule has 0 unspecified atom stereocenters. The summed E-state index contributed by atoms with van der Waals surface area (Å²) in [4.78, 5) is 22.8. The van der Waals surface area contributed by atoms with Crippen molar-refractivity contribution >= 4 is 34.1 Å². The average Bonchev–Trinajstić information content (AvgIpc) is 3.52. The smallest absolute Gasteiger partial charge is 0.346 e. The Morgan fingerprint density at radius 3 is 1.08 bits per heavy atom.